The van der Waals surface area contributed by atoms with E-state index in [9.17, 15) is 0 Å². The summed E-state index contributed by atoms with van der Waals surface area (Å²) in [6, 6.07) is 6.05. The van der Waals surface area contributed by atoms with E-state index in [-0.39, 0.29) is 24.0 Å². The zero-order chi connectivity index (χ0) is 16.3. The van der Waals surface area contributed by atoms with E-state index in [1.807, 2.05) is 18.3 Å². The summed E-state index contributed by atoms with van der Waals surface area (Å²) >= 11 is 0. The second kappa shape index (κ2) is 12.5. The highest BCUT2D eigenvalue weighted by Crippen LogP contribution is 2.16. The smallest absolute Gasteiger partial charge is 0.191 e. The fraction of sp³-hybridized carbons (Fsp3) is 0.667. The van der Waals surface area contributed by atoms with Gasteiger partial charge >= 0.3 is 0 Å². The SMILES string of the molecule is CCNC(=NCC1CCCN(CC)C1)NCCc1ccccn1.I. The Labute approximate surface area is 163 Å². The van der Waals surface area contributed by atoms with Crippen molar-refractivity contribution in [2.24, 2.45) is 10.9 Å². The molecule has 0 bridgehead atoms. The molecule has 6 heteroatoms. The number of likely N-dealkylation sites (tertiary alicyclic amines) is 1. The number of pyridine rings is 1. The summed E-state index contributed by atoms with van der Waals surface area (Å²) < 4.78 is 0. The molecule has 1 aromatic heterocycles. The highest BCUT2D eigenvalue weighted by Gasteiger charge is 2.18. The Hall–Kier alpha value is -0.890. The quantitative estimate of drug-likeness (QED) is 0.385. The number of aliphatic imine (C=N–C) groups is 1. The fourth-order valence-electron chi connectivity index (χ4n) is 3.00. The lowest BCUT2D eigenvalue weighted by Gasteiger charge is -2.31. The molecule has 0 amide bonds. The Kier molecular flexibility index (Phi) is 11.0. The topological polar surface area (TPSA) is 52.6 Å². The predicted octanol–water partition coefficient (Wildman–Crippen LogP) is 2.53. The van der Waals surface area contributed by atoms with Gasteiger partial charge < -0.3 is 15.5 Å². The van der Waals surface area contributed by atoms with Crippen molar-refractivity contribution in [2.75, 3.05) is 39.3 Å². The third-order valence-electron chi connectivity index (χ3n) is 4.30. The van der Waals surface area contributed by atoms with Gasteiger partial charge in [-0.3, -0.25) is 9.98 Å². The van der Waals surface area contributed by atoms with Crippen LogP contribution in [0.2, 0.25) is 0 Å². The summed E-state index contributed by atoms with van der Waals surface area (Å²) in [6.07, 6.45) is 5.36. The summed E-state index contributed by atoms with van der Waals surface area (Å²) in [7, 11) is 0. The Balaban J connectivity index is 0.00000288. The number of rotatable bonds is 7. The summed E-state index contributed by atoms with van der Waals surface area (Å²) in [5.74, 6) is 1.62. The molecule has 5 nitrogen and oxygen atoms in total. The molecule has 2 rings (SSSR count). The van der Waals surface area contributed by atoms with Gasteiger partial charge in [0.05, 0.1) is 0 Å². The number of guanidine groups is 1. The summed E-state index contributed by atoms with van der Waals surface area (Å²) in [5.41, 5.74) is 1.11. The van der Waals surface area contributed by atoms with Crippen LogP contribution in [0.1, 0.15) is 32.4 Å². The van der Waals surface area contributed by atoms with Gasteiger partial charge in [-0.05, 0) is 50.9 Å². The van der Waals surface area contributed by atoms with Crippen LogP contribution in [-0.4, -0.2) is 55.1 Å². The van der Waals surface area contributed by atoms with E-state index >= 15 is 0 Å². The molecule has 1 saturated heterocycles. The molecule has 1 fully saturated rings. The third kappa shape index (κ3) is 7.79. The number of hydrogen-bond acceptors (Lipinski definition) is 3. The van der Waals surface area contributed by atoms with Gasteiger partial charge in [-0.25, -0.2) is 0 Å². The standard InChI is InChI=1S/C18H31N5.HI/c1-3-19-18(21-12-10-17-9-5-6-11-20-17)22-14-16-8-7-13-23(4-2)15-16;/h5-6,9,11,16H,3-4,7-8,10,12-15H2,1-2H3,(H2,19,21,22);1H. The minimum atomic E-state index is 0. The van der Waals surface area contributed by atoms with Crippen LogP contribution in [-0.2, 0) is 6.42 Å². The maximum Gasteiger partial charge on any atom is 0.191 e. The van der Waals surface area contributed by atoms with Gasteiger partial charge in [0.1, 0.15) is 0 Å². The summed E-state index contributed by atoms with van der Waals surface area (Å²) in [4.78, 5) is 11.7. The number of nitrogens with zero attached hydrogens (tertiary/aromatic N) is 3. The van der Waals surface area contributed by atoms with Crippen LogP contribution < -0.4 is 10.6 Å². The Bertz CT molecular complexity index is 466. The molecule has 1 aromatic rings. The number of hydrogen-bond donors (Lipinski definition) is 2. The van der Waals surface area contributed by atoms with Crippen LogP contribution in [0.25, 0.3) is 0 Å². The van der Waals surface area contributed by atoms with Crippen molar-refractivity contribution in [3.63, 3.8) is 0 Å². The van der Waals surface area contributed by atoms with Crippen molar-refractivity contribution in [3.05, 3.63) is 30.1 Å². The van der Waals surface area contributed by atoms with Crippen molar-refractivity contribution >= 4 is 29.9 Å². The molecule has 1 aliphatic heterocycles. The van der Waals surface area contributed by atoms with Gasteiger partial charge in [-0.1, -0.05) is 13.0 Å². The molecule has 2 N–H and O–H groups in total. The molecule has 24 heavy (non-hydrogen) atoms. The van der Waals surface area contributed by atoms with E-state index in [2.05, 4.69) is 40.4 Å². The molecule has 0 spiro atoms. The highest BCUT2D eigenvalue weighted by molar-refractivity contribution is 14.0. The van der Waals surface area contributed by atoms with E-state index in [1.165, 1.54) is 25.9 Å². The van der Waals surface area contributed by atoms with Gasteiger partial charge in [0.15, 0.2) is 5.96 Å². The van der Waals surface area contributed by atoms with Crippen molar-refractivity contribution in [1.29, 1.82) is 0 Å². The number of aromatic nitrogens is 1. The first-order valence-corrected chi connectivity index (χ1v) is 8.96. The van der Waals surface area contributed by atoms with E-state index in [4.69, 9.17) is 4.99 Å². The number of halogens is 1. The Morgan fingerprint density at radius 1 is 1.33 bits per heavy atom. The molecule has 136 valence electrons. The van der Waals surface area contributed by atoms with Crippen molar-refractivity contribution in [3.8, 4) is 0 Å². The molecule has 0 radical (unpaired) electrons. The molecule has 0 saturated carbocycles. The molecule has 1 unspecified atom stereocenters. The average Bonchev–Trinajstić information content (AvgIpc) is 2.61. The lowest BCUT2D eigenvalue weighted by atomic mass is 9.98. The minimum Gasteiger partial charge on any atom is -0.357 e. The molecular formula is C18H32IN5. The van der Waals surface area contributed by atoms with E-state index in [1.54, 1.807) is 0 Å². The first-order chi connectivity index (χ1) is 11.3. The maximum absolute atomic E-state index is 4.78. The summed E-state index contributed by atoms with van der Waals surface area (Å²) in [6.45, 7) is 10.6. The van der Waals surface area contributed by atoms with E-state index < -0.39 is 0 Å². The highest BCUT2D eigenvalue weighted by atomic mass is 127. The third-order valence-corrected chi connectivity index (χ3v) is 4.30. The van der Waals surface area contributed by atoms with Gasteiger partial charge in [0.25, 0.3) is 0 Å². The average molecular weight is 445 g/mol. The second-order valence-electron chi connectivity index (χ2n) is 6.12. The van der Waals surface area contributed by atoms with Crippen LogP contribution in [0.4, 0.5) is 0 Å². The Morgan fingerprint density at radius 2 is 2.21 bits per heavy atom. The van der Waals surface area contributed by atoms with Gasteiger partial charge in [-0.15, -0.1) is 24.0 Å². The lowest BCUT2D eigenvalue weighted by molar-refractivity contribution is 0.186. The van der Waals surface area contributed by atoms with E-state index in [0.29, 0.717) is 5.92 Å². The van der Waals surface area contributed by atoms with Crippen LogP contribution in [0.5, 0.6) is 0 Å². The molecule has 2 heterocycles. The van der Waals surface area contributed by atoms with Crippen molar-refractivity contribution in [1.82, 2.24) is 20.5 Å². The largest absolute Gasteiger partial charge is 0.357 e. The number of nitrogens with one attached hydrogen (secondary N) is 2. The van der Waals surface area contributed by atoms with Gasteiger partial charge in [0.2, 0.25) is 0 Å². The molecule has 1 aliphatic rings. The predicted molar refractivity (Wildman–Crippen MR) is 112 cm³/mol. The Morgan fingerprint density at radius 3 is 2.92 bits per heavy atom. The number of piperidine rings is 1. The van der Waals surface area contributed by atoms with Crippen LogP contribution >= 0.6 is 24.0 Å². The van der Waals surface area contributed by atoms with Crippen molar-refractivity contribution in [2.45, 2.75) is 33.1 Å². The van der Waals surface area contributed by atoms with Gasteiger partial charge in [-0.2, -0.15) is 0 Å². The van der Waals surface area contributed by atoms with Crippen molar-refractivity contribution < 1.29 is 0 Å². The first-order valence-electron chi connectivity index (χ1n) is 8.96. The zero-order valence-corrected chi connectivity index (χ0v) is 17.3. The van der Waals surface area contributed by atoms with E-state index in [0.717, 1.165) is 44.3 Å². The minimum absolute atomic E-state index is 0. The molecular weight excluding hydrogens is 413 g/mol. The second-order valence-corrected chi connectivity index (χ2v) is 6.12. The van der Waals surface area contributed by atoms with Gasteiger partial charge in [0, 0.05) is 44.5 Å². The monoisotopic (exact) mass is 445 g/mol. The van der Waals surface area contributed by atoms with Crippen LogP contribution in [0.3, 0.4) is 0 Å². The normalized spacial score (nSPS) is 18.8. The first kappa shape index (κ1) is 21.2. The fourth-order valence-corrected chi connectivity index (χ4v) is 3.00. The zero-order valence-electron chi connectivity index (χ0n) is 15.0. The molecule has 1 atom stereocenters. The maximum atomic E-state index is 4.78. The molecule has 0 aromatic carbocycles. The van der Waals surface area contributed by atoms with Crippen LogP contribution in [0.15, 0.2) is 29.4 Å². The summed E-state index contributed by atoms with van der Waals surface area (Å²) in [5, 5.41) is 6.76. The molecule has 0 aliphatic carbocycles. The lowest BCUT2D eigenvalue weighted by Crippen LogP contribution is -2.40. The van der Waals surface area contributed by atoms with Crippen LogP contribution in [0, 0.1) is 5.92 Å².